The van der Waals surface area contributed by atoms with Crippen molar-refractivity contribution in [2.24, 2.45) is 5.92 Å². The minimum Gasteiger partial charge on any atom is -0.495 e. The third-order valence-corrected chi connectivity index (χ3v) is 5.55. The van der Waals surface area contributed by atoms with Crippen molar-refractivity contribution in [2.45, 2.75) is 50.9 Å². The molecule has 1 aromatic carbocycles. The van der Waals surface area contributed by atoms with Crippen molar-refractivity contribution in [2.75, 3.05) is 18.6 Å². The number of ether oxygens (including phenoxy) is 2. The Balaban J connectivity index is 1.45. The zero-order chi connectivity index (χ0) is 17.6. The summed E-state index contributed by atoms with van der Waals surface area (Å²) in [6.45, 7) is 2.37. The third kappa shape index (κ3) is 2.99. The molecule has 3 heterocycles. The Kier molecular flexibility index (Phi) is 4.15. The maximum absolute atomic E-state index is 12.6. The van der Waals surface area contributed by atoms with Gasteiger partial charge in [-0.05, 0) is 43.9 Å². The van der Waals surface area contributed by atoms with Crippen LogP contribution in [0.3, 0.4) is 0 Å². The van der Waals surface area contributed by atoms with Gasteiger partial charge < -0.3 is 19.7 Å². The molecule has 4 rings (SSSR count). The van der Waals surface area contributed by atoms with Gasteiger partial charge in [-0.15, -0.1) is 0 Å². The lowest BCUT2D eigenvalue weighted by molar-refractivity contribution is -0.127. The topological polar surface area (TPSA) is 67.9 Å². The first-order valence-corrected chi connectivity index (χ1v) is 8.96. The van der Waals surface area contributed by atoms with Crippen LogP contribution in [-0.2, 0) is 14.3 Å². The van der Waals surface area contributed by atoms with Crippen LogP contribution in [0.25, 0.3) is 0 Å². The first-order valence-electron chi connectivity index (χ1n) is 8.96. The van der Waals surface area contributed by atoms with Crippen LogP contribution in [0.15, 0.2) is 18.2 Å². The van der Waals surface area contributed by atoms with Gasteiger partial charge in [-0.25, -0.2) is 0 Å². The standard InChI is InChI=1S/C19H24N2O4/c1-11-3-5-17(24-2)15(7-11)21-10-12(8-18(21)22)19(23)20-14-9-13-4-6-16(14)25-13/h3,5,7,12-14,16H,4,6,8-10H2,1-2H3,(H,20,23)/t12-,13+,14+,16-/m0/s1. The molecule has 6 nitrogen and oxygen atoms in total. The van der Waals surface area contributed by atoms with E-state index in [1.807, 2.05) is 25.1 Å². The number of carbonyl (C=O) groups excluding carboxylic acids is 2. The van der Waals surface area contributed by atoms with Gasteiger partial charge in [0.1, 0.15) is 5.75 Å². The average Bonchev–Trinajstić information content (AvgIpc) is 3.30. The Bertz CT molecular complexity index is 705. The van der Waals surface area contributed by atoms with Crippen molar-refractivity contribution in [1.29, 1.82) is 0 Å². The molecule has 0 aliphatic carbocycles. The number of carbonyl (C=O) groups is 2. The van der Waals surface area contributed by atoms with Crippen molar-refractivity contribution >= 4 is 17.5 Å². The van der Waals surface area contributed by atoms with Gasteiger partial charge in [-0.1, -0.05) is 6.07 Å². The second-order valence-electron chi connectivity index (χ2n) is 7.31. The molecule has 25 heavy (non-hydrogen) atoms. The van der Waals surface area contributed by atoms with Crippen LogP contribution in [-0.4, -0.2) is 43.7 Å². The summed E-state index contributed by atoms with van der Waals surface area (Å²) in [5.74, 6) is 0.259. The van der Waals surface area contributed by atoms with E-state index in [4.69, 9.17) is 9.47 Å². The Hall–Kier alpha value is -2.08. The maximum atomic E-state index is 12.6. The molecule has 0 spiro atoms. The molecule has 3 aliphatic heterocycles. The highest BCUT2D eigenvalue weighted by Gasteiger charge is 2.43. The molecule has 4 atom stereocenters. The number of nitrogens with one attached hydrogen (secondary N) is 1. The van der Waals surface area contributed by atoms with Gasteiger partial charge in [0, 0.05) is 13.0 Å². The van der Waals surface area contributed by atoms with Crippen molar-refractivity contribution in [3.8, 4) is 5.75 Å². The zero-order valence-corrected chi connectivity index (χ0v) is 14.7. The molecule has 0 saturated carbocycles. The lowest BCUT2D eigenvalue weighted by Gasteiger charge is -2.23. The lowest BCUT2D eigenvalue weighted by Crippen LogP contribution is -2.44. The van der Waals surface area contributed by atoms with E-state index in [9.17, 15) is 9.59 Å². The van der Waals surface area contributed by atoms with E-state index in [1.54, 1.807) is 12.0 Å². The first-order chi connectivity index (χ1) is 12.0. The molecular weight excluding hydrogens is 320 g/mol. The van der Waals surface area contributed by atoms with Crippen molar-refractivity contribution in [1.82, 2.24) is 5.32 Å². The number of amides is 2. The highest BCUT2D eigenvalue weighted by atomic mass is 16.5. The van der Waals surface area contributed by atoms with Crippen LogP contribution in [0.2, 0.25) is 0 Å². The van der Waals surface area contributed by atoms with Crippen molar-refractivity contribution < 1.29 is 19.1 Å². The smallest absolute Gasteiger partial charge is 0.227 e. The molecule has 2 amide bonds. The third-order valence-electron chi connectivity index (χ3n) is 5.55. The SMILES string of the molecule is COc1ccc(C)cc1N1C[C@@H](C(=O)N[C@@H]2C[C@H]3CC[C@@H]2O3)CC1=O. The van der Waals surface area contributed by atoms with Crippen LogP contribution in [0.5, 0.6) is 5.75 Å². The fraction of sp³-hybridized carbons (Fsp3) is 0.579. The van der Waals surface area contributed by atoms with Crippen LogP contribution < -0.4 is 15.0 Å². The fourth-order valence-corrected chi connectivity index (χ4v) is 4.22. The Morgan fingerprint density at radius 2 is 2.20 bits per heavy atom. The van der Waals surface area contributed by atoms with Gasteiger partial charge in [-0.3, -0.25) is 9.59 Å². The van der Waals surface area contributed by atoms with E-state index in [0.717, 1.165) is 30.5 Å². The normalized spacial score (nSPS) is 30.8. The summed E-state index contributed by atoms with van der Waals surface area (Å²) in [7, 11) is 1.59. The number of hydrogen-bond donors (Lipinski definition) is 1. The van der Waals surface area contributed by atoms with Crippen LogP contribution in [0.4, 0.5) is 5.69 Å². The average molecular weight is 344 g/mol. The zero-order valence-electron chi connectivity index (χ0n) is 14.7. The summed E-state index contributed by atoms with van der Waals surface area (Å²) in [5, 5.41) is 3.11. The van der Waals surface area contributed by atoms with Gasteiger partial charge >= 0.3 is 0 Å². The lowest BCUT2D eigenvalue weighted by atomic mass is 9.95. The number of aryl methyl sites for hydroxylation is 1. The second-order valence-corrected chi connectivity index (χ2v) is 7.31. The summed E-state index contributed by atoms with van der Waals surface area (Å²) in [5.41, 5.74) is 1.79. The van der Waals surface area contributed by atoms with Gasteiger partial charge in [0.05, 0.1) is 37.0 Å². The highest BCUT2D eigenvalue weighted by molar-refractivity contribution is 6.01. The van der Waals surface area contributed by atoms with Gasteiger partial charge in [0.25, 0.3) is 0 Å². The van der Waals surface area contributed by atoms with Crippen LogP contribution >= 0.6 is 0 Å². The van der Waals surface area contributed by atoms with E-state index < -0.39 is 0 Å². The fourth-order valence-electron chi connectivity index (χ4n) is 4.22. The Morgan fingerprint density at radius 3 is 2.88 bits per heavy atom. The minimum absolute atomic E-state index is 0.0340. The minimum atomic E-state index is -0.322. The first kappa shape index (κ1) is 16.4. The summed E-state index contributed by atoms with van der Waals surface area (Å²) in [6.07, 6.45) is 3.70. The second kappa shape index (κ2) is 6.33. The molecule has 134 valence electrons. The molecule has 0 aromatic heterocycles. The number of methoxy groups -OCH3 is 1. The summed E-state index contributed by atoms with van der Waals surface area (Å²) in [4.78, 5) is 26.8. The monoisotopic (exact) mass is 344 g/mol. The molecule has 6 heteroatoms. The van der Waals surface area contributed by atoms with Crippen molar-refractivity contribution in [3.63, 3.8) is 0 Å². The van der Waals surface area contributed by atoms with Crippen LogP contribution in [0.1, 0.15) is 31.2 Å². The number of nitrogens with zero attached hydrogens (tertiary/aromatic N) is 1. The van der Waals surface area contributed by atoms with Crippen LogP contribution in [0, 0.1) is 12.8 Å². The van der Waals surface area contributed by atoms with E-state index in [2.05, 4.69) is 5.32 Å². The molecule has 3 aliphatic rings. The summed E-state index contributed by atoms with van der Waals surface area (Å²) in [6, 6.07) is 5.84. The van der Waals surface area contributed by atoms with Gasteiger partial charge in [-0.2, -0.15) is 0 Å². The predicted octanol–water partition coefficient (Wildman–Crippen LogP) is 1.79. The number of benzene rings is 1. The quantitative estimate of drug-likeness (QED) is 0.904. The van der Waals surface area contributed by atoms with Gasteiger partial charge in [0.15, 0.2) is 0 Å². The number of rotatable bonds is 4. The molecular formula is C19H24N2O4. The number of hydrogen-bond acceptors (Lipinski definition) is 4. The highest BCUT2D eigenvalue weighted by Crippen LogP contribution is 2.36. The van der Waals surface area contributed by atoms with Gasteiger partial charge in [0.2, 0.25) is 11.8 Å². The van der Waals surface area contributed by atoms with E-state index in [-0.39, 0.29) is 36.3 Å². The number of anilines is 1. The largest absolute Gasteiger partial charge is 0.495 e. The summed E-state index contributed by atoms with van der Waals surface area (Å²) < 4.78 is 11.2. The maximum Gasteiger partial charge on any atom is 0.227 e. The molecule has 0 radical (unpaired) electrons. The molecule has 3 fully saturated rings. The Labute approximate surface area is 147 Å². The molecule has 1 N–H and O–H groups in total. The predicted molar refractivity (Wildman–Crippen MR) is 92.6 cm³/mol. The molecule has 1 aromatic rings. The van der Waals surface area contributed by atoms with E-state index >= 15 is 0 Å². The number of fused-ring (bicyclic) bond motifs is 2. The van der Waals surface area contributed by atoms with E-state index in [0.29, 0.717) is 18.4 Å². The van der Waals surface area contributed by atoms with E-state index in [1.165, 1.54) is 0 Å². The molecule has 3 saturated heterocycles. The van der Waals surface area contributed by atoms with Crippen molar-refractivity contribution in [3.05, 3.63) is 23.8 Å². The Morgan fingerprint density at radius 1 is 1.36 bits per heavy atom. The summed E-state index contributed by atoms with van der Waals surface area (Å²) >= 11 is 0. The molecule has 2 bridgehead atoms. The molecule has 0 unspecified atom stereocenters.